The quantitative estimate of drug-likeness (QED) is 0.771. The van der Waals surface area contributed by atoms with Gasteiger partial charge in [0.1, 0.15) is 17.3 Å². The van der Waals surface area contributed by atoms with Crippen LogP contribution in [0.5, 0.6) is 0 Å². The van der Waals surface area contributed by atoms with Gasteiger partial charge in [0.2, 0.25) is 0 Å². The van der Waals surface area contributed by atoms with E-state index in [2.05, 4.69) is 28.0 Å². The number of aryl methyl sites for hydroxylation is 2. The lowest BCUT2D eigenvalue weighted by Gasteiger charge is -2.03. The first-order valence-electron chi connectivity index (χ1n) is 6.77. The lowest BCUT2D eigenvalue weighted by Crippen LogP contribution is -1.97. The first kappa shape index (κ1) is 13.9. The number of furan rings is 1. The van der Waals surface area contributed by atoms with Gasteiger partial charge in [-0.3, -0.25) is 4.68 Å². The molecular formula is C16H16BrN3O. The number of anilines is 1. The van der Waals surface area contributed by atoms with Crippen LogP contribution in [0, 0.1) is 0 Å². The zero-order valence-corrected chi connectivity index (χ0v) is 13.5. The maximum Gasteiger partial charge on any atom is 0.155 e. The van der Waals surface area contributed by atoms with Crippen LogP contribution in [-0.2, 0) is 13.5 Å². The highest BCUT2D eigenvalue weighted by Gasteiger charge is 2.20. The highest BCUT2D eigenvalue weighted by molar-refractivity contribution is 9.10. The van der Waals surface area contributed by atoms with E-state index in [-0.39, 0.29) is 0 Å². The van der Waals surface area contributed by atoms with Gasteiger partial charge in [-0.2, -0.15) is 5.10 Å². The smallest absolute Gasteiger partial charge is 0.155 e. The van der Waals surface area contributed by atoms with E-state index in [9.17, 15) is 0 Å². The summed E-state index contributed by atoms with van der Waals surface area (Å²) in [5, 5.41) is 4.52. The average molecular weight is 346 g/mol. The Bertz CT molecular complexity index is 789. The van der Waals surface area contributed by atoms with Crippen LogP contribution in [0.25, 0.3) is 22.6 Å². The normalized spacial score (nSPS) is 11.0. The maximum atomic E-state index is 6.21. The Hall–Kier alpha value is -2.01. The number of nitrogens with two attached hydrogens (primary N) is 1. The average Bonchev–Trinajstić information content (AvgIpc) is 3.05. The molecule has 21 heavy (non-hydrogen) atoms. The van der Waals surface area contributed by atoms with E-state index in [4.69, 9.17) is 10.2 Å². The molecule has 0 fully saturated rings. The second-order valence-electron chi connectivity index (χ2n) is 4.86. The number of rotatable bonds is 3. The van der Waals surface area contributed by atoms with Crippen molar-refractivity contribution >= 4 is 21.7 Å². The highest BCUT2D eigenvalue weighted by atomic mass is 79.9. The van der Waals surface area contributed by atoms with E-state index in [0.29, 0.717) is 5.82 Å². The van der Waals surface area contributed by atoms with Crippen molar-refractivity contribution in [1.82, 2.24) is 9.78 Å². The van der Waals surface area contributed by atoms with Crippen LogP contribution in [0.1, 0.15) is 12.7 Å². The van der Waals surface area contributed by atoms with Crippen LogP contribution in [-0.4, -0.2) is 9.78 Å². The second-order valence-corrected chi connectivity index (χ2v) is 5.78. The molecule has 0 saturated heterocycles. The summed E-state index contributed by atoms with van der Waals surface area (Å²) in [6.45, 7) is 2.06. The molecule has 0 aliphatic rings. The minimum Gasteiger partial charge on any atom is -0.459 e. The summed E-state index contributed by atoms with van der Waals surface area (Å²) in [4.78, 5) is 0. The van der Waals surface area contributed by atoms with Gasteiger partial charge in [-0.05, 0) is 29.8 Å². The molecule has 2 N–H and O–H groups in total. The lowest BCUT2D eigenvalue weighted by molar-refractivity contribution is 0.526. The number of halogens is 1. The summed E-state index contributed by atoms with van der Waals surface area (Å²) in [5.74, 6) is 2.31. The molecule has 3 rings (SSSR count). The Balaban J connectivity index is 2.20. The van der Waals surface area contributed by atoms with Crippen LogP contribution in [0.3, 0.4) is 0 Å². The standard InChI is InChI=1S/C16H16BrN3O/c1-3-12-7-8-13(21-12)15-14(16(18)20(2)19-15)10-5-4-6-11(17)9-10/h4-9H,3,18H2,1-2H3. The Kier molecular flexibility index (Phi) is 3.59. The van der Waals surface area contributed by atoms with Crippen molar-refractivity contribution in [3.63, 3.8) is 0 Å². The van der Waals surface area contributed by atoms with Gasteiger partial charge in [-0.15, -0.1) is 0 Å². The summed E-state index contributed by atoms with van der Waals surface area (Å²) in [6.07, 6.45) is 0.856. The first-order chi connectivity index (χ1) is 10.1. The largest absolute Gasteiger partial charge is 0.459 e. The summed E-state index contributed by atoms with van der Waals surface area (Å²) < 4.78 is 8.52. The molecule has 1 aromatic carbocycles. The SMILES string of the molecule is CCc1ccc(-c2nn(C)c(N)c2-c2cccc(Br)c2)o1. The van der Waals surface area contributed by atoms with Crippen molar-refractivity contribution in [3.8, 4) is 22.6 Å². The molecule has 0 unspecified atom stereocenters. The molecule has 0 radical (unpaired) electrons. The van der Waals surface area contributed by atoms with Gasteiger partial charge in [0.05, 0.1) is 5.56 Å². The fourth-order valence-electron chi connectivity index (χ4n) is 2.33. The van der Waals surface area contributed by atoms with Crippen LogP contribution >= 0.6 is 15.9 Å². The third-order valence-electron chi connectivity index (χ3n) is 3.45. The Labute approximate surface area is 131 Å². The number of benzene rings is 1. The fraction of sp³-hybridized carbons (Fsp3) is 0.188. The van der Waals surface area contributed by atoms with Crippen molar-refractivity contribution in [1.29, 1.82) is 0 Å². The number of hydrogen-bond donors (Lipinski definition) is 1. The third kappa shape index (κ3) is 2.49. The molecule has 2 heterocycles. The molecule has 5 heteroatoms. The molecule has 108 valence electrons. The molecule has 0 spiro atoms. The first-order valence-corrected chi connectivity index (χ1v) is 7.57. The van der Waals surface area contributed by atoms with E-state index in [0.717, 1.165) is 39.2 Å². The monoisotopic (exact) mass is 345 g/mol. The van der Waals surface area contributed by atoms with Crippen molar-refractivity contribution in [2.45, 2.75) is 13.3 Å². The summed E-state index contributed by atoms with van der Waals surface area (Å²) in [5.41, 5.74) is 8.89. The van der Waals surface area contributed by atoms with Crippen LogP contribution < -0.4 is 5.73 Å². The molecule has 0 saturated carbocycles. The minimum absolute atomic E-state index is 0.623. The van der Waals surface area contributed by atoms with Crippen molar-refractivity contribution in [2.24, 2.45) is 7.05 Å². The van der Waals surface area contributed by atoms with Gasteiger partial charge in [0.25, 0.3) is 0 Å². The zero-order chi connectivity index (χ0) is 15.0. The molecule has 2 aromatic heterocycles. The lowest BCUT2D eigenvalue weighted by atomic mass is 10.0. The minimum atomic E-state index is 0.623. The molecule has 0 bridgehead atoms. The van der Waals surface area contributed by atoms with Gasteiger partial charge < -0.3 is 10.2 Å². The van der Waals surface area contributed by atoms with Crippen LogP contribution in [0.15, 0.2) is 45.3 Å². The molecular weight excluding hydrogens is 330 g/mol. The predicted molar refractivity (Wildman–Crippen MR) is 87.8 cm³/mol. The Morgan fingerprint density at radius 1 is 1.29 bits per heavy atom. The molecule has 3 aromatic rings. The van der Waals surface area contributed by atoms with E-state index < -0.39 is 0 Å². The highest BCUT2D eigenvalue weighted by Crippen LogP contribution is 2.37. The molecule has 0 aliphatic heterocycles. The molecule has 0 amide bonds. The second kappa shape index (κ2) is 5.41. The van der Waals surface area contributed by atoms with Gasteiger partial charge in [-0.25, -0.2) is 0 Å². The van der Waals surface area contributed by atoms with E-state index >= 15 is 0 Å². The van der Waals surface area contributed by atoms with Gasteiger partial charge >= 0.3 is 0 Å². The van der Waals surface area contributed by atoms with Gasteiger partial charge in [0.15, 0.2) is 5.76 Å². The van der Waals surface area contributed by atoms with Crippen molar-refractivity contribution < 1.29 is 4.42 Å². The number of hydrogen-bond acceptors (Lipinski definition) is 3. The van der Waals surface area contributed by atoms with Crippen molar-refractivity contribution in [3.05, 3.63) is 46.6 Å². The van der Waals surface area contributed by atoms with E-state index in [1.807, 2.05) is 43.4 Å². The van der Waals surface area contributed by atoms with E-state index in [1.165, 1.54) is 0 Å². The van der Waals surface area contributed by atoms with Gasteiger partial charge in [0, 0.05) is 17.9 Å². The molecule has 0 atom stereocenters. The summed E-state index contributed by atoms with van der Waals surface area (Å²) >= 11 is 3.50. The van der Waals surface area contributed by atoms with Crippen LogP contribution in [0.4, 0.5) is 5.82 Å². The predicted octanol–water partition coefficient (Wildman–Crippen LogP) is 4.25. The van der Waals surface area contributed by atoms with E-state index in [1.54, 1.807) is 4.68 Å². The van der Waals surface area contributed by atoms with Crippen LogP contribution in [0.2, 0.25) is 0 Å². The van der Waals surface area contributed by atoms with Crippen molar-refractivity contribution in [2.75, 3.05) is 5.73 Å². The Morgan fingerprint density at radius 3 is 2.76 bits per heavy atom. The summed E-state index contributed by atoms with van der Waals surface area (Å²) in [7, 11) is 1.84. The summed E-state index contributed by atoms with van der Waals surface area (Å²) in [6, 6.07) is 11.9. The van der Waals surface area contributed by atoms with Gasteiger partial charge in [-0.1, -0.05) is 35.0 Å². The fourth-order valence-corrected chi connectivity index (χ4v) is 2.73. The molecule has 4 nitrogen and oxygen atoms in total. The third-order valence-corrected chi connectivity index (χ3v) is 3.94. The number of aromatic nitrogens is 2. The number of nitrogens with zero attached hydrogens (tertiary/aromatic N) is 2. The molecule has 0 aliphatic carbocycles. The maximum absolute atomic E-state index is 6.21. The number of nitrogen functional groups attached to an aromatic ring is 1. The topological polar surface area (TPSA) is 57.0 Å². The zero-order valence-electron chi connectivity index (χ0n) is 11.9. The Morgan fingerprint density at radius 2 is 2.10 bits per heavy atom.